The smallest absolute Gasteiger partial charge is 0.325 e. The number of rotatable bonds is 12. The van der Waals surface area contributed by atoms with Crippen molar-refractivity contribution in [2.45, 2.75) is 57.4 Å². The molecule has 1 heterocycles. The van der Waals surface area contributed by atoms with Crippen molar-refractivity contribution in [1.82, 2.24) is 5.32 Å². The van der Waals surface area contributed by atoms with Gasteiger partial charge in [0.15, 0.2) is 6.61 Å². The van der Waals surface area contributed by atoms with Crippen molar-refractivity contribution in [1.29, 1.82) is 0 Å². The number of nitrogens with zero attached hydrogens (tertiary/aromatic N) is 1. The number of benzene rings is 3. The summed E-state index contributed by atoms with van der Waals surface area (Å²) in [4.78, 5) is 38.1. The van der Waals surface area contributed by atoms with Crippen LogP contribution in [0.1, 0.15) is 56.9 Å². The molecular weight excluding hydrogens is 558 g/mol. The van der Waals surface area contributed by atoms with Gasteiger partial charge in [0.1, 0.15) is 35.8 Å². The largest absolute Gasteiger partial charge is 0.484 e. The zero-order valence-electron chi connectivity index (χ0n) is 24.3. The lowest BCUT2D eigenvalue weighted by atomic mass is 9.73. The minimum absolute atomic E-state index is 0.164. The van der Waals surface area contributed by atoms with Gasteiger partial charge in [-0.05, 0) is 93.3 Å². The number of carbonyl (C=O) groups excluding carboxylic acids is 3. The first-order valence-electron chi connectivity index (χ1n) is 14.1. The van der Waals surface area contributed by atoms with Crippen LogP contribution in [0.4, 0.5) is 14.5 Å². The van der Waals surface area contributed by atoms with Crippen LogP contribution in [-0.4, -0.2) is 48.1 Å². The van der Waals surface area contributed by atoms with E-state index >= 15 is 0 Å². The van der Waals surface area contributed by atoms with E-state index < -0.39 is 29.6 Å². The zero-order chi connectivity index (χ0) is 31.1. The molecule has 3 aromatic carbocycles. The fraction of sp³-hybridized carbons (Fsp3) is 0.364. The van der Waals surface area contributed by atoms with Crippen molar-refractivity contribution in [3.05, 3.63) is 95.6 Å². The molecule has 4 unspecified atom stereocenters. The molecular formula is C33H36F2N2O6. The number of esters is 1. The van der Waals surface area contributed by atoms with Crippen molar-refractivity contribution in [3.63, 3.8) is 0 Å². The maximum atomic E-state index is 13.7. The maximum absolute atomic E-state index is 13.7. The molecule has 4 rings (SSSR count). The number of anilines is 1. The van der Waals surface area contributed by atoms with Crippen molar-refractivity contribution < 1.29 is 37.7 Å². The van der Waals surface area contributed by atoms with Crippen molar-refractivity contribution in [2.24, 2.45) is 5.92 Å². The Bertz CT molecular complexity index is 1390. The van der Waals surface area contributed by atoms with Crippen molar-refractivity contribution >= 4 is 23.9 Å². The number of hydrogen-bond acceptors (Lipinski definition) is 7. The molecule has 10 heteroatoms. The van der Waals surface area contributed by atoms with Crippen LogP contribution in [0.3, 0.4) is 0 Å². The highest BCUT2D eigenvalue weighted by Gasteiger charge is 2.48. The Morgan fingerprint density at radius 1 is 0.977 bits per heavy atom. The number of amides is 1. The second-order valence-electron chi connectivity index (χ2n) is 11.5. The van der Waals surface area contributed by atoms with Crippen LogP contribution >= 0.6 is 0 Å². The van der Waals surface area contributed by atoms with Crippen molar-refractivity contribution in [3.8, 4) is 5.75 Å². The number of aliphatic hydroxyl groups is 1. The number of ether oxygens (including phenoxy) is 2. The molecule has 0 spiro atoms. The number of halogens is 2. The highest BCUT2D eigenvalue weighted by Crippen LogP contribution is 2.49. The van der Waals surface area contributed by atoms with Crippen molar-refractivity contribution in [2.75, 3.05) is 18.1 Å². The summed E-state index contributed by atoms with van der Waals surface area (Å²) in [5, 5.41) is 13.2. The van der Waals surface area contributed by atoms with Gasteiger partial charge in [0.2, 0.25) is 0 Å². The van der Waals surface area contributed by atoms with E-state index in [-0.39, 0.29) is 36.7 Å². The van der Waals surface area contributed by atoms with Crippen LogP contribution in [0.25, 0.3) is 0 Å². The van der Waals surface area contributed by atoms with E-state index in [0.29, 0.717) is 29.8 Å². The Morgan fingerprint density at radius 2 is 1.58 bits per heavy atom. The summed E-state index contributed by atoms with van der Waals surface area (Å²) >= 11 is 0. The summed E-state index contributed by atoms with van der Waals surface area (Å²) in [5.74, 6) is -1.55. The predicted molar refractivity (Wildman–Crippen MR) is 156 cm³/mol. The average molecular weight is 595 g/mol. The fourth-order valence-electron chi connectivity index (χ4n) is 5.24. The molecule has 4 atom stereocenters. The number of nitrogens with one attached hydrogen (secondary N) is 1. The normalized spacial score (nSPS) is 18.7. The Hall–Kier alpha value is -4.31. The maximum Gasteiger partial charge on any atom is 0.325 e. The first-order valence-corrected chi connectivity index (χ1v) is 14.1. The summed E-state index contributed by atoms with van der Waals surface area (Å²) in [7, 11) is 0. The van der Waals surface area contributed by atoms with E-state index in [0.717, 1.165) is 11.8 Å². The van der Waals surface area contributed by atoms with Gasteiger partial charge in [0.05, 0.1) is 18.2 Å². The Labute approximate surface area is 249 Å². The lowest BCUT2D eigenvalue weighted by Gasteiger charge is -2.55. The van der Waals surface area contributed by atoms with Gasteiger partial charge in [-0.15, -0.1) is 0 Å². The molecule has 0 radical (unpaired) electrons. The first kappa shape index (κ1) is 31.6. The molecule has 3 aromatic rings. The van der Waals surface area contributed by atoms with Gasteiger partial charge in [0.25, 0.3) is 5.91 Å². The summed E-state index contributed by atoms with van der Waals surface area (Å²) in [6.07, 6.45) is 0.891. The van der Waals surface area contributed by atoms with E-state index in [1.54, 1.807) is 45.0 Å². The molecule has 1 saturated heterocycles. The highest BCUT2D eigenvalue weighted by atomic mass is 19.1. The molecule has 2 N–H and O–H groups in total. The van der Waals surface area contributed by atoms with Crippen LogP contribution in [-0.2, 0) is 19.1 Å². The Morgan fingerprint density at radius 3 is 2.16 bits per heavy atom. The summed E-state index contributed by atoms with van der Waals surface area (Å²) in [6, 6.07) is 17.9. The molecule has 1 amide bonds. The van der Waals surface area contributed by atoms with Gasteiger partial charge >= 0.3 is 5.97 Å². The third-order valence-corrected chi connectivity index (χ3v) is 7.20. The summed E-state index contributed by atoms with van der Waals surface area (Å²) in [6.45, 7) is 4.64. The van der Waals surface area contributed by atoms with Gasteiger partial charge in [-0.3, -0.25) is 9.59 Å². The molecule has 228 valence electrons. The molecule has 1 aliphatic heterocycles. The highest BCUT2D eigenvalue weighted by molar-refractivity contribution is 5.83. The second kappa shape index (κ2) is 13.8. The molecule has 0 bridgehead atoms. The SMILES string of the molecule is CC(C)(C)OC(=O)CNC(=O)COc1ccc(C2C(CCC(O)c3ccc(F)cc3)C(C=O)N2c2ccc(F)cc2)cc1. The minimum atomic E-state index is -0.828. The molecule has 0 aromatic heterocycles. The predicted octanol–water partition coefficient (Wildman–Crippen LogP) is 5.06. The summed E-state index contributed by atoms with van der Waals surface area (Å²) in [5.41, 5.74) is 1.48. The molecule has 43 heavy (non-hydrogen) atoms. The fourth-order valence-corrected chi connectivity index (χ4v) is 5.24. The van der Waals surface area contributed by atoms with E-state index in [1.807, 2.05) is 17.0 Å². The molecule has 1 fully saturated rings. The van der Waals surface area contributed by atoms with Crippen LogP contribution in [0, 0.1) is 17.6 Å². The Balaban J connectivity index is 1.43. The topological polar surface area (TPSA) is 105 Å². The van der Waals surface area contributed by atoms with Crippen LogP contribution in [0.5, 0.6) is 5.75 Å². The van der Waals surface area contributed by atoms with Gasteiger partial charge in [0, 0.05) is 11.6 Å². The molecule has 8 nitrogen and oxygen atoms in total. The number of aliphatic hydroxyl groups excluding tert-OH is 1. The average Bonchev–Trinajstić information content (AvgIpc) is 2.95. The van der Waals surface area contributed by atoms with E-state index in [1.165, 1.54) is 36.4 Å². The molecule has 0 aliphatic carbocycles. The zero-order valence-corrected chi connectivity index (χ0v) is 24.3. The third kappa shape index (κ3) is 8.38. The van der Waals surface area contributed by atoms with Crippen LogP contribution in [0.2, 0.25) is 0 Å². The first-order chi connectivity index (χ1) is 20.4. The monoisotopic (exact) mass is 594 g/mol. The second-order valence-corrected chi connectivity index (χ2v) is 11.5. The van der Waals surface area contributed by atoms with Gasteiger partial charge in [-0.25, -0.2) is 8.78 Å². The van der Waals surface area contributed by atoms with Gasteiger partial charge in [-0.1, -0.05) is 24.3 Å². The minimum Gasteiger partial charge on any atom is -0.484 e. The third-order valence-electron chi connectivity index (χ3n) is 7.20. The lowest BCUT2D eigenvalue weighted by Crippen LogP contribution is -2.59. The summed E-state index contributed by atoms with van der Waals surface area (Å²) < 4.78 is 37.7. The van der Waals surface area contributed by atoms with Crippen LogP contribution in [0.15, 0.2) is 72.8 Å². The number of hydrogen-bond donors (Lipinski definition) is 2. The Kier molecular flexibility index (Phi) is 10.1. The van der Waals surface area contributed by atoms with Gasteiger partial charge < -0.3 is 29.6 Å². The standard InChI is InChI=1S/C33H36F2N2O6/c1-33(2,3)43-31(41)18-36-30(40)20-42-26-14-6-22(7-15-26)32-27(16-17-29(39)21-4-8-23(34)9-5-21)28(19-38)37(32)25-12-10-24(35)11-13-25/h4-15,19,27-29,32,39H,16-18,20H2,1-3H3,(H,36,40). The molecule has 1 aliphatic rings. The van der Waals surface area contributed by atoms with E-state index in [4.69, 9.17) is 9.47 Å². The number of carbonyl (C=O) groups is 3. The number of aldehydes is 1. The van der Waals surface area contributed by atoms with E-state index in [2.05, 4.69) is 5.32 Å². The lowest BCUT2D eigenvalue weighted by molar-refractivity contribution is -0.154. The van der Waals surface area contributed by atoms with Crippen LogP contribution < -0.4 is 15.0 Å². The molecule has 0 saturated carbocycles. The van der Waals surface area contributed by atoms with E-state index in [9.17, 15) is 28.3 Å². The van der Waals surface area contributed by atoms with Gasteiger partial charge in [-0.2, -0.15) is 0 Å². The quantitative estimate of drug-likeness (QED) is 0.223.